The van der Waals surface area contributed by atoms with E-state index >= 15 is 0 Å². The summed E-state index contributed by atoms with van der Waals surface area (Å²) in [5, 5.41) is 0. The van der Waals surface area contributed by atoms with E-state index < -0.39 is 27.1 Å². The van der Waals surface area contributed by atoms with Gasteiger partial charge >= 0.3 is 10.1 Å². The average Bonchev–Trinajstić information content (AvgIpc) is 1.92. The molecule has 1 atom stereocenters. The Labute approximate surface area is 67.6 Å². The van der Waals surface area contributed by atoms with Crippen molar-refractivity contribution in [2.45, 2.75) is 5.44 Å². The zero-order valence-electron chi connectivity index (χ0n) is 5.63. The van der Waals surface area contributed by atoms with Crippen LogP contribution in [0.3, 0.4) is 0 Å². The maximum atomic E-state index is 10.7. The molecule has 1 aliphatic heterocycles. The van der Waals surface area contributed by atoms with E-state index in [1.807, 2.05) is 0 Å². The Morgan fingerprint density at radius 2 is 2.00 bits per heavy atom. The number of carbonyl (C=O) groups is 2. The highest BCUT2D eigenvalue weighted by atomic mass is 32.2. The third-order valence-corrected chi connectivity index (χ3v) is 2.02. The van der Waals surface area contributed by atoms with Crippen LogP contribution in [-0.4, -0.2) is 30.0 Å². The van der Waals surface area contributed by atoms with E-state index in [0.29, 0.717) is 0 Å². The fourth-order valence-electron chi connectivity index (χ4n) is 0.638. The SMILES string of the molecule is O=C1C=COC(S(=O)(=O)O)C1=O. The summed E-state index contributed by atoms with van der Waals surface area (Å²) >= 11 is 0. The van der Waals surface area contributed by atoms with Crippen LogP contribution in [-0.2, 0) is 24.4 Å². The predicted molar refractivity (Wildman–Crippen MR) is 35.6 cm³/mol. The molecule has 0 spiro atoms. The highest BCUT2D eigenvalue weighted by molar-refractivity contribution is 7.87. The summed E-state index contributed by atoms with van der Waals surface area (Å²) in [5.74, 6) is -2.30. The van der Waals surface area contributed by atoms with Crippen molar-refractivity contribution < 1.29 is 27.3 Å². The van der Waals surface area contributed by atoms with Crippen LogP contribution < -0.4 is 0 Å². The summed E-state index contributed by atoms with van der Waals surface area (Å²) in [6.45, 7) is 0. The van der Waals surface area contributed by atoms with Crippen LogP contribution >= 0.6 is 0 Å². The standard InChI is InChI=1S/C5H4O6S/c6-3-1-2-11-5(4(3)7)12(8,9)10/h1-2,5H,(H,8,9,10). The molecule has 1 aliphatic rings. The zero-order valence-corrected chi connectivity index (χ0v) is 6.45. The third kappa shape index (κ3) is 1.51. The van der Waals surface area contributed by atoms with Gasteiger partial charge in [-0.15, -0.1) is 0 Å². The van der Waals surface area contributed by atoms with Gasteiger partial charge in [0.15, 0.2) is 0 Å². The van der Waals surface area contributed by atoms with Crippen molar-refractivity contribution in [2.75, 3.05) is 0 Å². The maximum Gasteiger partial charge on any atom is 0.311 e. The van der Waals surface area contributed by atoms with Gasteiger partial charge in [0.05, 0.1) is 6.26 Å². The molecule has 7 heteroatoms. The molecule has 0 radical (unpaired) electrons. The molecular formula is C5H4O6S. The molecule has 0 fully saturated rings. The lowest BCUT2D eigenvalue weighted by molar-refractivity contribution is -0.138. The predicted octanol–water partition coefficient (Wildman–Crippen LogP) is -1.12. The minimum Gasteiger partial charge on any atom is -0.471 e. The first-order chi connectivity index (χ1) is 5.43. The van der Waals surface area contributed by atoms with E-state index in [0.717, 1.165) is 12.3 Å². The second kappa shape index (κ2) is 2.68. The minimum absolute atomic E-state index is 0.752. The van der Waals surface area contributed by atoms with E-state index in [2.05, 4.69) is 4.74 Å². The van der Waals surface area contributed by atoms with Gasteiger partial charge in [0, 0.05) is 6.08 Å². The largest absolute Gasteiger partial charge is 0.471 e. The fraction of sp³-hybridized carbons (Fsp3) is 0.200. The van der Waals surface area contributed by atoms with Crippen LogP contribution in [0.15, 0.2) is 12.3 Å². The van der Waals surface area contributed by atoms with Crippen LogP contribution in [0.1, 0.15) is 0 Å². The zero-order chi connectivity index (χ0) is 9.35. The Hall–Kier alpha value is -1.21. The molecule has 0 saturated heterocycles. The number of Topliss-reactive ketones (excluding diaryl/α,β-unsaturated/α-hetero) is 1. The molecule has 0 saturated carbocycles. The maximum absolute atomic E-state index is 10.7. The van der Waals surface area contributed by atoms with Crippen LogP contribution in [0.25, 0.3) is 0 Å². The summed E-state index contributed by atoms with van der Waals surface area (Å²) in [7, 11) is -4.65. The van der Waals surface area contributed by atoms with E-state index in [4.69, 9.17) is 4.55 Å². The van der Waals surface area contributed by atoms with Crippen molar-refractivity contribution in [1.29, 1.82) is 0 Å². The van der Waals surface area contributed by atoms with Gasteiger partial charge in [-0.05, 0) is 0 Å². The summed E-state index contributed by atoms with van der Waals surface area (Å²) in [4.78, 5) is 21.3. The van der Waals surface area contributed by atoms with Crippen LogP contribution in [0, 0.1) is 0 Å². The van der Waals surface area contributed by atoms with Crippen molar-refractivity contribution >= 4 is 21.7 Å². The molecule has 0 aromatic rings. The van der Waals surface area contributed by atoms with Gasteiger partial charge in [-0.3, -0.25) is 14.1 Å². The van der Waals surface area contributed by atoms with Gasteiger partial charge in [0.2, 0.25) is 5.78 Å². The molecule has 1 unspecified atom stereocenters. The number of allylic oxidation sites excluding steroid dienone is 1. The summed E-state index contributed by atoms with van der Waals surface area (Å²) in [6, 6.07) is 0. The molecule has 1 heterocycles. The topological polar surface area (TPSA) is 97.7 Å². The lowest BCUT2D eigenvalue weighted by Gasteiger charge is -2.13. The first-order valence-electron chi connectivity index (χ1n) is 2.79. The number of ether oxygens (including phenoxy) is 1. The van der Waals surface area contributed by atoms with Crippen molar-refractivity contribution in [1.82, 2.24) is 0 Å². The number of hydrogen-bond acceptors (Lipinski definition) is 5. The molecule has 66 valence electrons. The average molecular weight is 192 g/mol. The van der Waals surface area contributed by atoms with Gasteiger partial charge in [0.1, 0.15) is 0 Å². The minimum atomic E-state index is -4.65. The van der Waals surface area contributed by atoms with Crippen molar-refractivity contribution in [3.05, 3.63) is 12.3 Å². The fourth-order valence-corrected chi connectivity index (χ4v) is 1.23. The highest BCUT2D eigenvalue weighted by Crippen LogP contribution is 2.08. The molecule has 6 nitrogen and oxygen atoms in total. The Balaban J connectivity index is 3.05. The normalized spacial score (nSPS) is 23.9. The molecular weight excluding hydrogens is 188 g/mol. The number of hydrogen-bond donors (Lipinski definition) is 1. The van der Waals surface area contributed by atoms with E-state index in [9.17, 15) is 18.0 Å². The molecule has 1 rings (SSSR count). The Morgan fingerprint density at radius 1 is 1.42 bits per heavy atom. The summed E-state index contributed by atoms with van der Waals surface area (Å²) in [6.07, 6.45) is 1.53. The van der Waals surface area contributed by atoms with Gasteiger partial charge < -0.3 is 4.74 Å². The monoisotopic (exact) mass is 192 g/mol. The van der Waals surface area contributed by atoms with Crippen molar-refractivity contribution in [3.8, 4) is 0 Å². The van der Waals surface area contributed by atoms with Crippen molar-refractivity contribution in [3.63, 3.8) is 0 Å². The third-order valence-electron chi connectivity index (χ3n) is 1.15. The first-order valence-corrected chi connectivity index (χ1v) is 4.30. The van der Waals surface area contributed by atoms with Crippen LogP contribution in [0.2, 0.25) is 0 Å². The molecule has 0 aromatic heterocycles. The summed E-state index contributed by atoms with van der Waals surface area (Å²) < 4.78 is 33.3. The Kier molecular flexibility index (Phi) is 1.99. The van der Waals surface area contributed by atoms with Gasteiger partial charge in [-0.1, -0.05) is 0 Å². The molecule has 1 N–H and O–H groups in total. The summed E-state index contributed by atoms with van der Waals surface area (Å²) in [5.41, 5.74) is -2.10. The number of carbonyl (C=O) groups excluding carboxylic acids is 2. The smallest absolute Gasteiger partial charge is 0.311 e. The lowest BCUT2D eigenvalue weighted by atomic mass is 10.2. The Morgan fingerprint density at radius 3 is 2.42 bits per heavy atom. The van der Waals surface area contributed by atoms with Gasteiger partial charge in [-0.25, -0.2) is 0 Å². The van der Waals surface area contributed by atoms with Gasteiger partial charge in [-0.2, -0.15) is 8.42 Å². The molecule has 12 heavy (non-hydrogen) atoms. The second-order valence-electron chi connectivity index (χ2n) is 2.01. The molecule has 0 aromatic carbocycles. The van der Waals surface area contributed by atoms with Crippen LogP contribution in [0.5, 0.6) is 0 Å². The second-order valence-corrected chi connectivity index (χ2v) is 3.47. The number of rotatable bonds is 1. The quantitative estimate of drug-likeness (QED) is 0.417. The van der Waals surface area contributed by atoms with Crippen molar-refractivity contribution in [2.24, 2.45) is 0 Å². The highest BCUT2D eigenvalue weighted by Gasteiger charge is 2.37. The van der Waals surface area contributed by atoms with Crippen LogP contribution in [0.4, 0.5) is 0 Å². The molecule has 0 aliphatic carbocycles. The van der Waals surface area contributed by atoms with E-state index in [-0.39, 0.29) is 0 Å². The molecule has 0 bridgehead atoms. The van der Waals surface area contributed by atoms with E-state index in [1.54, 1.807) is 0 Å². The molecule has 0 amide bonds. The Bertz CT molecular complexity index is 350. The van der Waals surface area contributed by atoms with Gasteiger partial charge in [0.25, 0.3) is 11.2 Å². The first kappa shape index (κ1) is 8.88. The lowest BCUT2D eigenvalue weighted by Crippen LogP contribution is -2.38. The number of ketones is 2. The van der Waals surface area contributed by atoms with E-state index in [1.165, 1.54) is 0 Å².